The van der Waals surface area contributed by atoms with Gasteiger partial charge in [-0.25, -0.2) is 0 Å². The molecule has 0 saturated heterocycles. The zero-order valence-electron chi connectivity index (χ0n) is 6.65. The minimum atomic E-state index is 0.0891. The lowest BCUT2D eigenvalue weighted by Gasteiger charge is -2.07. The summed E-state index contributed by atoms with van der Waals surface area (Å²) < 4.78 is 0. The molecule has 0 bridgehead atoms. The van der Waals surface area contributed by atoms with Gasteiger partial charge in [-0.1, -0.05) is 36.7 Å². The summed E-state index contributed by atoms with van der Waals surface area (Å²) >= 11 is 3.34. The zero-order chi connectivity index (χ0) is 8.15. The number of carbonyl (C=O) groups excluding carboxylic acids is 1. The Balaban J connectivity index is 3.40. The van der Waals surface area contributed by atoms with E-state index in [-0.39, 0.29) is 11.8 Å². The van der Waals surface area contributed by atoms with Crippen LogP contribution in [0.4, 0.5) is 0 Å². The molecular formula is C7H14BrNO. The Morgan fingerprint density at radius 2 is 2.00 bits per heavy atom. The predicted octanol–water partition coefficient (Wildman–Crippen LogP) is 1.54. The maximum Gasteiger partial charge on any atom is 0.222 e. The van der Waals surface area contributed by atoms with Gasteiger partial charge in [0.25, 0.3) is 0 Å². The average molecular weight is 208 g/mol. The summed E-state index contributed by atoms with van der Waals surface area (Å²) in [5.74, 6) is 0.206. The van der Waals surface area contributed by atoms with Crippen molar-refractivity contribution in [2.75, 3.05) is 6.54 Å². The molecule has 0 aromatic rings. The van der Waals surface area contributed by atoms with Crippen LogP contribution in [0, 0.1) is 5.92 Å². The molecule has 1 N–H and O–H groups in total. The Hall–Kier alpha value is -0.0500. The molecule has 0 saturated carbocycles. The first-order chi connectivity index (χ1) is 4.54. The van der Waals surface area contributed by atoms with Crippen LogP contribution in [0.5, 0.6) is 0 Å². The van der Waals surface area contributed by atoms with Crippen molar-refractivity contribution in [2.45, 2.75) is 25.6 Å². The van der Waals surface area contributed by atoms with E-state index >= 15 is 0 Å². The quantitative estimate of drug-likeness (QED) is 0.700. The van der Waals surface area contributed by atoms with Crippen LogP contribution in [0.15, 0.2) is 0 Å². The van der Waals surface area contributed by atoms with Gasteiger partial charge in [-0.3, -0.25) is 4.79 Å². The first kappa shape index (κ1) is 9.95. The van der Waals surface area contributed by atoms with E-state index in [9.17, 15) is 4.79 Å². The van der Waals surface area contributed by atoms with E-state index in [2.05, 4.69) is 21.2 Å². The first-order valence-electron chi connectivity index (χ1n) is 3.45. The smallest absolute Gasteiger partial charge is 0.222 e. The third-order valence-electron chi connectivity index (χ3n) is 1.08. The highest BCUT2D eigenvalue weighted by Crippen LogP contribution is 1.95. The molecule has 0 aromatic carbocycles. The molecule has 0 aliphatic heterocycles. The van der Waals surface area contributed by atoms with Gasteiger partial charge in [-0.05, 0) is 0 Å². The van der Waals surface area contributed by atoms with Gasteiger partial charge >= 0.3 is 0 Å². The minimum Gasteiger partial charge on any atom is -0.355 e. The second kappa shape index (κ2) is 4.72. The number of rotatable bonds is 3. The number of nitrogens with one attached hydrogen (secondary N) is 1. The van der Waals surface area contributed by atoms with Crippen LogP contribution in [0.2, 0.25) is 0 Å². The zero-order valence-corrected chi connectivity index (χ0v) is 8.23. The van der Waals surface area contributed by atoms with E-state index in [1.54, 1.807) is 0 Å². The molecule has 0 fully saturated rings. The summed E-state index contributed by atoms with van der Waals surface area (Å²) in [6, 6.07) is 0. The normalized spacial score (nSPS) is 13.3. The molecule has 2 nitrogen and oxygen atoms in total. The SMILES string of the molecule is CC(Br)CNC(=O)C(C)C. The van der Waals surface area contributed by atoms with Crippen molar-refractivity contribution in [3.8, 4) is 0 Å². The fourth-order valence-corrected chi connectivity index (χ4v) is 0.607. The highest BCUT2D eigenvalue weighted by Gasteiger charge is 2.05. The van der Waals surface area contributed by atoms with Crippen molar-refractivity contribution in [3.05, 3.63) is 0 Å². The molecule has 0 rings (SSSR count). The molecule has 1 unspecified atom stereocenters. The molecule has 0 aromatic heterocycles. The second-order valence-corrected chi connectivity index (χ2v) is 4.24. The van der Waals surface area contributed by atoms with Gasteiger partial charge in [0.15, 0.2) is 0 Å². The van der Waals surface area contributed by atoms with Crippen molar-refractivity contribution < 1.29 is 4.79 Å². The van der Waals surface area contributed by atoms with Crippen molar-refractivity contribution in [1.29, 1.82) is 0 Å². The Kier molecular flexibility index (Phi) is 4.69. The lowest BCUT2D eigenvalue weighted by molar-refractivity contribution is -0.123. The molecule has 60 valence electrons. The number of alkyl halides is 1. The molecule has 0 aliphatic carbocycles. The molecule has 1 amide bonds. The maximum atomic E-state index is 10.9. The summed E-state index contributed by atoms with van der Waals surface area (Å²) in [6.45, 7) is 6.47. The lowest BCUT2D eigenvalue weighted by Crippen LogP contribution is -2.31. The highest BCUT2D eigenvalue weighted by molar-refractivity contribution is 9.09. The molecule has 3 heteroatoms. The largest absolute Gasteiger partial charge is 0.355 e. The van der Waals surface area contributed by atoms with Crippen LogP contribution in [0.1, 0.15) is 20.8 Å². The molecule has 1 atom stereocenters. The van der Waals surface area contributed by atoms with Crippen LogP contribution in [0.3, 0.4) is 0 Å². The molecular weight excluding hydrogens is 194 g/mol. The molecule has 0 spiro atoms. The van der Waals surface area contributed by atoms with E-state index in [1.807, 2.05) is 20.8 Å². The van der Waals surface area contributed by atoms with Crippen molar-refractivity contribution in [3.63, 3.8) is 0 Å². The van der Waals surface area contributed by atoms with Gasteiger partial charge in [-0.15, -0.1) is 0 Å². The van der Waals surface area contributed by atoms with E-state index in [4.69, 9.17) is 0 Å². The minimum absolute atomic E-state index is 0.0891. The van der Waals surface area contributed by atoms with Gasteiger partial charge in [0, 0.05) is 17.3 Å². The number of amides is 1. The first-order valence-corrected chi connectivity index (χ1v) is 4.37. The number of hydrogen-bond acceptors (Lipinski definition) is 1. The lowest BCUT2D eigenvalue weighted by atomic mass is 10.2. The monoisotopic (exact) mass is 207 g/mol. The third kappa shape index (κ3) is 4.79. The van der Waals surface area contributed by atoms with Crippen LogP contribution in [0.25, 0.3) is 0 Å². The van der Waals surface area contributed by atoms with Gasteiger partial charge < -0.3 is 5.32 Å². The Labute approximate surface area is 70.5 Å². The second-order valence-electron chi connectivity index (χ2n) is 2.68. The van der Waals surface area contributed by atoms with Crippen LogP contribution in [-0.2, 0) is 4.79 Å². The maximum absolute atomic E-state index is 10.9. The molecule has 0 radical (unpaired) electrons. The van der Waals surface area contributed by atoms with E-state index < -0.39 is 0 Å². The summed E-state index contributed by atoms with van der Waals surface area (Å²) in [7, 11) is 0. The van der Waals surface area contributed by atoms with Gasteiger partial charge in [0.1, 0.15) is 0 Å². The Morgan fingerprint density at radius 1 is 1.50 bits per heavy atom. The Morgan fingerprint density at radius 3 is 2.30 bits per heavy atom. The van der Waals surface area contributed by atoms with E-state index in [1.165, 1.54) is 0 Å². The van der Waals surface area contributed by atoms with Crippen molar-refractivity contribution in [1.82, 2.24) is 5.32 Å². The average Bonchev–Trinajstić information content (AvgIpc) is 1.82. The van der Waals surface area contributed by atoms with Crippen LogP contribution < -0.4 is 5.32 Å². The molecule has 0 aliphatic rings. The van der Waals surface area contributed by atoms with E-state index in [0.717, 1.165) is 0 Å². The molecule has 10 heavy (non-hydrogen) atoms. The molecule has 0 heterocycles. The predicted molar refractivity (Wildman–Crippen MR) is 46.2 cm³/mol. The van der Waals surface area contributed by atoms with Crippen molar-refractivity contribution in [2.24, 2.45) is 5.92 Å². The van der Waals surface area contributed by atoms with Gasteiger partial charge in [0.05, 0.1) is 0 Å². The summed E-state index contributed by atoms with van der Waals surface area (Å²) in [4.78, 5) is 11.3. The highest BCUT2D eigenvalue weighted by atomic mass is 79.9. The van der Waals surface area contributed by atoms with Gasteiger partial charge in [0.2, 0.25) is 5.91 Å². The van der Waals surface area contributed by atoms with Gasteiger partial charge in [-0.2, -0.15) is 0 Å². The summed E-state index contributed by atoms with van der Waals surface area (Å²) in [5, 5.41) is 2.80. The van der Waals surface area contributed by atoms with Crippen LogP contribution in [-0.4, -0.2) is 17.3 Å². The summed E-state index contributed by atoms with van der Waals surface area (Å²) in [5.41, 5.74) is 0. The fraction of sp³-hybridized carbons (Fsp3) is 0.857. The standard InChI is InChI=1S/C7H14BrNO/c1-5(2)7(10)9-4-6(3)8/h5-6H,4H2,1-3H3,(H,9,10). The number of hydrogen-bond donors (Lipinski definition) is 1. The number of carbonyl (C=O) groups is 1. The fourth-order valence-electron chi connectivity index (χ4n) is 0.445. The van der Waals surface area contributed by atoms with E-state index in [0.29, 0.717) is 11.4 Å². The number of halogens is 1. The van der Waals surface area contributed by atoms with Crippen molar-refractivity contribution >= 4 is 21.8 Å². The topological polar surface area (TPSA) is 29.1 Å². The Bertz CT molecular complexity index is 112. The van der Waals surface area contributed by atoms with Crippen LogP contribution >= 0.6 is 15.9 Å². The third-order valence-corrected chi connectivity index (χ3v) is 1.41. The summed E-state index contributed by atoms with van der Waals surface area (Å²) in [6.07, 6.45) is 0.